The van der Waals surface area contributed by atoms with E-state index < -0.39 is 0 Å². The fourth-order valence-corrected chi connectivity index (χ4v) is 3.93. The van der Waals surface area contributed by atoms with Crippen LogP contribution < -0.4 is 0 Å². The fraction of sp³-hybridized carbons (Fsp3) is 0.722. The smallest absolute Gasteiger partial charge is 0.0959 e. The summed E-state index contributed by atoms with van der Waals surface area (Å²) < 4.78 is 12.2. The van der Waals surface area contributed by atoms with Crippen molar-refractivity contribution in [2.24, 2.45) is 0 Å². The molecular weight excluding hydrogens is 276 g/mol. The van der Waals surface area contributed by atoms with Crippen molar-refractivity contribution in [3.05, 3.63) is 29.6 Å². The number of aromatic nitrogens is 1. The van der Waals surface area contributed by atoms with Gasteiger partial charge in [0.25, 0.3) is 0 Å². The van der Waals surface area contributed by atoms with Gasteiger partial charge in [0, 0.05) is 37.9 Å². The summed E-state index contributed by atoms with van der Waals surface area (Å²) in [5, 5.41) is 0. The van der Waals surface area contributed by atoms with E-state index in [0.717, 1.165) is 50.0 Å². The normalized spacial score (nSPS) is 28.3. The third-order valence-corrected chi connectivity index (χ3v) is 5.43. The molecule has 0 radical (unpaired) electrons. The minimum atomic E-state index is 0.0819. The summed E-state index contributed by atoms with van der Waals surface area (Å²) in [6.07, 6.45) is 6.55. The molecule has 0 bridgehead atoms. The first-order chi connectivity index (χ1) is 10.7. The summed E-state index contributed by atoms with van der Waals surface area (Å²) in [7, 11) is 0. The van der Waals surface area contributed by atoms with E-state index in [1.807, 2.05) is 19.1 Å². The van der Waals surface area contributed by atoms with Gasteiger partial charge in [-0.05, 0) is 38.3 Å². The van der Waals surface area contributed by atoms with Gasteiger partial charge in [0.2, 0.25) is 0 Å². The largest absolute Gasteiger partial charge is 0.372 e. The van der Waals surface area contributed by atoms with Crippen molar-refractivity contribution in [2.75, 3.05) is 19.7 Å². The third kappa shape index (κ3) is 2.92. The predicted octanol–water partition coefficient (Wildman–Crippen LogP) is 2.69. The van der Waals surface area contributed by atoms with Crippen LogP contribution in [-0.2, 0) is 16.1 Å². The molecule has 3 fully saturated rings. The number of aryl methyl sites for hydroxylation is 1. The number of pyridine rings is 1. The van der Waals surface area contributed by atoms with Crippen LogP contribution in [0.15, 0.2) is 18.2 Å². The molecule has 3 aliphatic rings. The number of hydrogen-bond acceptors (Lipinski definition) is 4. The second-order valence-corrected chi connectivity index (χ2v) is 7.22. The molecular formula is C18H26N2O2. The van der Waals surface area contributed by atoms with Gasteiger partial charge in [-0.15, -0.1) is 0 Å². The zero-order chi connectivity index (χ0) is 15.0. The monoisotopic (exact) mass is 302 g/mol. The molecule has 1 spiro atoms. The Morgan fingerprint density at radius 3 is 2.91 bits per heavy atom. The number of hydrogen-bond donors (Lipinski definition) is 0. The van der Waals surface area contributed by atoms with Crippen molar-refractivity contribution in [1.82, 2.24) is 9.88 Å². The average molecular weight is 302 g/mol. The topological polar surface area (TPSA) is 34.6 Å². The van der Waals surface area contributed by atoms with Gasteiger partial charge in [0.1, 0.15) is 0 Å². The van der Waals surface area contributed by atoms with Crippen LogP contribution >= 0.6 is 0 Å². The molecule has 1 atom stereocenters. The highest BCUT2D eigenvalue weighted by molar-refractivity contribution is 5.09. The van der Waals surface area contributed by atoms with Crippen molar-refractivity contribution in [3.8, 4) is 0 Å². The van der Waals surface area contributed by atoms with Gasteiger partial charge in [-0.25, -0.2) is 0 Å². The molecule has 4 heteroatoms. The van der Waals surface area contributed by atoms with Crippen molar-refractivity contribution in [1.29, 1.82) is 0 Å². The standard InChI is InChI=1S/C18H26N2O2/c1-14-4-2-5-15(19-14)11-21-17-8-9-22-18(10-17)12-20(13-18)16-6-3-7-16/h2,4-5,16-17H,3,6-13H2,1H3/t17-/m1/s1. The molecule has 0 N–H and O–H groups in total. The highest BCUT2D eigenvalue weighted by Gasteiger charge is 2.50. The number of rotatable bonds is 4. The molecule has 4 rings (SSSR count). The van der Waals surface area contributed by atoms with Crippen LogP contribution in [0.2, 0.25) is 0 Å². The molecule has 1 aromatic heterocycles. The summed E-state index contributed by atoms with van der Waals surface area (Å²) in [5.41, 5.74) is 2.17. The van der Waals surface area contributed by atoms with Gasteiger partial charge in [0.05, 0.1) is 24.0 Å². The zero-order valence-electron chi connectivity index (χ0n) is 13.5. The Labute approximate surface area is 132 Å². The molecule has 2 aliphatic heterocycles. The molecule has 0 aromatic carbocycles. The van der Waals surface area contributed by atoms with Crippen LogP contribution in [0.1, 0.15) is 43.5 Å². The highest BCUT2D eigenvalue weighted by atomic mass is 16.5. The first-order valence-corrected chi connectivity index (χ1v) is 8.65. The SMILES string of the molecule is Cc1cccc(CO[C@@H]2CCOC3(C2)CN(C2CCC2)C3)n1. The van der Waals surface area contributed by atoms with E-state index in [1.165, 1.54) is 19.3 Å². The van der Waals surface area contributed by atoms with Gasteiger partial charge in [-0.2, -0.15) is 0 Å². The van der Waals surface area contributed by atoms with E-state index in [-0.39, 0.29) is 5.60 Å². The Kier molecular flexibility index (Phi) is 3.93. The van der Waals surface area contributed by atoms with Crippen LogP contribution in [0.25, 0.3) is 0 Å². The predicted molar refractivity (Wildman–Crippen MR) is 84.7 cm³/mol. The zero-order valence-corrected chi connectivity index (χ0v) is 13.5. The van der Waals surface area contributed by atoms with Crippen molar-refractivity contribution in [3.63, 3.8) is 0 Å². The summed E-state index contributed by atoms with van der Waals surface area (Å²) in [6, 6.07) is 6.96. The van der Waals surface area contributed by atoms with Gasteiger partial charge in [0.15, 0.2) is 0 Å². The van der Waals surface area contributed by atoms with Crippen molar-refractivity contribution in [2.45, 2.75) is 63.4 Å². The van der Waals surface area contributed by atoms with Crippen LogP contribution in [0.5, 0.6) is 0 Å². The average Bonchev–Trinajstić information content (AvgIpc) is 2.42. The van der Waals surface area contributed by atoms with Crippen LogP contribution in [-0.4, -0.2) is 47.3 Å². The lowest BCUT2D eigenvalue weighted by Crippen LogP contribution is -2.69. The first kappa shape index (κ1) is 14.6. The van der Waals surface area contributed by atoms with E-state index in [0.29, 0.717) is 12.7 Å². The minimum Gasteiger partial charge on any atom is -0.372 e. The Bertz CT molecular complexity index is 524. The molecule has 2 saturated heterocycles. The van der Waals surface area contributed by atoms with E-state index in [4.69, 9.17) is 9.47 Å². The molecule has 0 unspecified atom stereocenters. The summed E-state index contributed by atoms with van der Waals surface area (Å²) in [4.78, 5) is 7.12. The Morgan fingerprint density at radius 1 is 1.32 bits per heavy atom. The molecule has 1 saturated carbocycles. The fourth-order valence-electron chi connectivity index (χ4n) is 3.93. The maximum absolute atomic E-state index is 6.13. The molecule has 120 valence electrons. The lowest BCUT2D eigenvalue weighted by atomic mass is 9.80. The van der Waals surface area contributed by atoms with Crippen molar-refractivity contribution >= 4 is 0 Å². The maximum atomic E-state index is 6.13. The van der Waals surface area contributed by atoms with Crippen molar-refractivity contribution < 1.29 is 9.47 Å². The molecule has 3 heterocycles. The quantitative estimate of drug-likeness (QED) is 0.856. The number of nitrogens with zero attached hydrogens (tertiary/aromatic N) is 2. The minimum absolute atomic E-state index is 0.0819. The summed E-state index contributed by atoms with van der Waals surface area (Å²) >= 11 is 0. The molecule has 1 aliphatic carbocycles. The molecule has 4 nitrogen and oxygen atoms in total. The Balaban J connectivity index is 1.28. The second-order valence-electron chi connectivity index (χ2n) is 7.22. The lowest BCUT2D eigenvalue weighted by Gasteiger charge is -2.57. The van der Waals surface area contributed by atoms with E-state index in [1.54, 1.807) is 0 Å². The lowest BCUT2D eigenvalue weighted by molar-refractivity contribution is -0.211. The molecule has 0 amide bonds. The van der Waals surface area contributed by atoms with E-state index in [9.17, 15) is 0 Å². The van der Waals surface area contributed by atoms with Crippen LogP contribution in [0, 0.1) is 6.92 Å². The molecule has 1 aromatic rings. The van der Waals surface area contributed by atoms with Crippen LogP contribution in [0.4, 0.5) is 0 Å². The highest BCUT2D eigenvalue weighted by Crippen LogP contribution is 2.40. The Morgan fingerprint density at radius 2 is 2.18 bits per heavy atom. The van der Waals surface area contributed by atoms with Gasteiger partial charge in [-0.3, -0.25) is 9.88 Å². The van der Waals surface area contributed by atoms with E-state index in [2.05, 4.69) is 16.0 Å². The summed E-state index contributed by atoms with van der Waals surface area (Å²) in [6.45, 7) is 5.70. The van der Waals surface area contributed by atoms with Crippen LogP contribution in [0.3, 0.4) is 0 Å². The van der Waals surface area contributed by atoms with Gasteiger partial charge < -0.3 is 9.47 Å². The number of likely N-dealkylation sites (tertiary alicyclic amines) is 1. The van der Waals surface area contributed by atoms with Gasteiger partial charge >= 0.3 is 0 Å². The number of ether oxygens (including phenoxy) is 2. The first-order valence-electron chi connectivity index (χ1n) is 8.65. The second kappa shape index (κ2) is 5.91. The maximum Gasteiger partial charge on any atom is 0.0959 e. The van der Waals surface area contributed by atoms with Gasteiger partial charge in [-0.1, -0.05) is 12.5 Å². The summed E-state index contributed by atoms with van der Waals surface area (Å²) in [5.74, 6) is 0. The molecule has 22 heavy (non-hydrogen) atoms. The Hall–Kier alpha value is -0.970. The van der Waals surface area contributed by atoms with E-state index >= 15 is 0 Å². The third-order valence-electron chi connectivity index (χ3n) is 5.43.